The van der Waals surface area contributed by atoms with Crippen LogP contribution >= 0.6 is 0 Å². The SMILES string of the molecule is CC(C)(C)OC(=O)N1CCC2(OCCN2S(=O)(=O)c2ccccc2)C(F)C1. The van der Waals surface area contributed by atoms with E-state index in [1.807, 2.05) is 0 Å². The van der Waals surface area contributed by atoms with Gasteiger partial charge in [0.1, 0.15) is 5.60 Å². The van der Waals surface area contributed by atoms with Crippen molar-refractivity contribution in [2.75, 3.05) is 26.2 Å². The second kappa shape index (κ2) is 7.03. The molecule has 3 rings (SSSR count). The number of nitrogens with zero attached hydrogens (tertiary/aromatic N) is 2. The van der Waals surface area contributed by atoms with Crippen LogP contribution in [0.3, 0.4) is 0 Å². The van der Waals surface area contributed by atoms with Crippen molar-refractivity contribution in [2.45, 2.75) is 49.6 Å². The molecular formula is C18H25FN2O5S. The first-order valence-electron chi connectivity index (χ1n) is 8.90. The van der Waals surface area contributed by atoms with Crippen molar-refractivity contribution in [1.82, 2.24) is 9.21 Å². The van der Waals surface area contributed by atoms with E-state index in [0.717, 1.165) is 4.31 Å². The van der Waals surface area contributed by atoms with Crippen LogP contribution < -0.4 is 0 Å². The second-order valence-corrected chi connectivity index (χ2v) is 9.59. The van der Waals surface area contributed by atoms with Gasteiger partial charge in [0.05, 0.1) is 18.0 Å². The van der Waals surface area contributed by atoms with Crippen molar-refractivity contribution in [3.05, 3.63) is 30.3 Å². The maximum atomic E-state index is 15.2. The summed E-state index contributed by atoms with van der Waals surface area (Å²) >= 11 is 0. The average Bonchev–Trinajstić information content (AvgIpc) is 3.02. The molecule has 1 spiro atoms. The largest absolute Gasteiger partial charge is 0.444 e. The predicted molar refractivity (Wildman–Crippen MR) is 96.3 cm³/mol. The number of likely N-dealkylation sites (tertiary alicyclic amines) is 1. The number of hydrogen-bond donors (Lipinski definition) is 0. The molecule has 2 fully saturated rings. The van der Waals surface area contributed by atoms with Crippen molar-refractivity contribution in [2.24, 2.45) is 0 Å². The van der Waals surface area contributed by atoms with Crippen LogP contribution in [0.4, 0.5) is 9.18 Å². The van der Waals surface area contributed by atoms with E-state index in [4.69, 9.17) is 9.47 Å². The van der Waals surface area contributed by atoms with E-state index in [1.165, 1.54) is 17.0 Å². The van der Waals surface area contributed by atoms with Gasteiger partial charge in [-0.05, 0) is 32.9 Å². The van der Waals surface area contributed by atoms with Gasteiger partial charge in [-0.15, -0.1) is 0 Å². The van der Waals surface area contributed by atoms with Crippen molar-refractivity contribution in [3.8, 4) is 0 Å². The Labute approximate surface area is 159 Å². The summed E-state index contributed by atoms with van der Waals surface area (Å²) in [6.07, 6.45) is -2.25. The molecule has 0 saturated carbocycles. The molecule has 0 aromatic heterocycles. The molecule has 27 heavy (non-hydrogen) atoms. The molecular weight excluding hydrogens is 375 g/mol. The van der Waals surface area contributed by atoms with Crippen LogP contribution in [0.15, 0.2) is 35.2 Å². The second-order valence-electron chi connectivity index (χ2n) is 7.73. The Bertz CT molecular complexity index is 796. The zero-order valence-electron chi connectivity index (χ0n) is 15.7. The Morgan fingerprint density at radius 2 is 1.93 bits per heavy atom. The first kappa shape index (κ1) is 20.0. The fourth-order valence-corrected chi connectivity index (χ4v) is 5.16. The first-order valence-corrected chi connectivity index (χ1v) is 10.3. The van der Waals surface area contributed by atoms with Crippen LogP contribution in [-0.4, -0.2) is 67.5 Å². The quantitative estimate of drug-likeness (QED) is 0.762. The first-order chi connectivity index (χ1) is 12.6. The van der Waals surface area contributed by atoms with Crippen LogP contribution in [0.2, 0.25) is 0 Å². The summed E-state index contributed by atoms with van der Waals surface area (Å²) in [5.74, 6) is 0. The molecule has 2 unspecified atom stereocenters. The third-order valence-electron chi connectivity index (χ3n) is 4.66. The third kappa shape index (κ3) is 3.81. The van der Waals surface area contributed by atoms with E-state index in [2.05, 4.69) is 0 Å². The number of halogens is 1. The molecule has 2 heterocycles. The lowest BCUT2D eigenvalue weighted by Gasteiger charge is -2.44. The Morgan fingerprint density at radius 3 is 2.52 bits per heavy atom. The third-order valence-corrected chi connectivity index (χ3v) is 6.60. The highest BCUT2D eigenvalue weighted by atomic mass is 32.2. The molecule has 0 bridgehead atoms. The Hall–Kier alpha value is -1.71. The molecule has 9 heteroatoms. The highest BCUT2D eigenvalue weighted by molar-refractivity contribution is 7.89. The zero-order valence-corrected chi connectivity index (χ0v) is 16.5. The van der Waals surface area contributed by atoms with Gasteiger partial charge in [0.2, 0.25) is 10.0 Å². The monoisotopic (exact) mass is 400 g/mol. The minimum atomic E-state index is -3.91. The molecule has 1 aromatic carbocycles. The molecule has 1 aromatic rings. The molecule has 2 aliphatic rings. The predicted octanol–water partition coefficient (Wildman–Crippen LogP) is 2.38. The minimum absolute atomic E-state index is 0.0411. The van der Waals surface area contributed by atoms with Gasteiger partial charge >= 0.3 is 6.09 Å². The van der Waals surface area contributed by atoms with Crippen LogP contribution in [0.1, 0.15) is 27.2 Å². The maximum absolute atomic E-state index is 15.2. The molecule has 150 valence electrons. The normalized spacial score (nSPS) is 27.1. The van der Waals surface area contributed by atoms with E-state index in [-0.39, 0.29) is 37.6 Å². The summed E-state index contributed by atoms with van der Waals surface area (Å²) in [6.45, 7) is 5.25. The van der Waals surface area contributed by atoms with Crippen molar-refractivity contribution >= 4 is 16.1 Å². The molecule has 2 saturated heterocycles. The summed E-state index contributed by atoms with van der Waals surface area (Å²) in [5, 5.41) is 0. The van der Waals surface area contributed by atoms with E-state index in [0.29, 0.717) is 0 Å². The minimum Gasteiger partial charge on any atom is -0.444 e. The highest BCUT2D eigenvalue weighted by Crippen LogP contribution is 2.40. The number of piperidine rings is 1. The number of benzene rings is 1. The Morgan fingerprint density at radius 1 is 1.26 bits per heavy atom. The Balaban J connectivity index is 1.81. The van der Waals surface area contributed by atoms with Gasteiger partial charge in [-0.25, -0.2) is 17.6 Å². The van der Waals surface area contributed by atoms with E-state index in [9.17, 15) is 13.2 Å². The number of rotatable bonds is 2. The smallest absolute Gasteiger partial charge is 0.410 e. The topological polar surface area (TPSA) is 76.2 Å². The average molecular weight is 400 g/mol. The molecule has 2 aliphatic heterocycles. The van der Waals surface area contributed by atoms with Crippen LogP contribution in [-0.2, 0) is 19.5 Å². The zero-order chi connectivity index (χ0) is 19.9. The van der Waals surface area contributed by atoms with Gasteiger partial charge in [0, 0.05) is 19.5 Å². The van der Waals surface area contributed by atoms with Crippen molar-refractivity contribution in [1.29, 1.82) is 0 Å². The van der Waals surface area contributed by atoms with Crippen LogP contribution in [0.5, 0.6) is 0 Å². The summed E-state index contributed by atoms with van der Waals surface area (Å²) < 4.78 is 53.3. The van der Waals surface area contributed by atoms with Gasteiger partial charge in [-0.1, -0.05) is 18.2 Å². The summed E-state index contributed by atoms with van der Waals surface area (Å²) in [5.41, 5.74) is -2.28. The summed E-state index contributed by atoms with van der Waals surface area (Å²) in [7, 11) is -3.91. The lowest BCUT2D eigenvalue weighted by molar-refractivity contribution is -0.139. The lowest BCUT2D eigenvalue weighted by Crippen LogP contribution is -2.63. The van der Waals surface area contributed by atoms with Crippen LogP contribution in [0.25, 0.3) is 0 Å². The maximum Gasteiger partial charge on any atom is 0.410 e. The number of hydrogen-bond acceptors (Lipinski definition) is 5. The van der Waals surface area contributed by atoms with E-state index in [1.54, 1.807) is 39.0 Å². The standard InChI is InChI=1S/C18H25FN2O5S/c1-17(2,3)26-16(22)20-10-9-18(15(19)13-20)21(11-12-25-18)27(23,24)14-7-5-4-6-8-14/h4-8,15H,9-13H2,1-3H3. The van der Waals surface area contributed by atoms with Crippen molar-refractivity contribution in [3.63, 3.8) is 0 Å². The Kier molecular flexibility index (Phi) is 5.22. The molecule has 0 N–H and O–H groups in total. The number of ether oxygens (including phenoxy) is 2. The summed E-state index contributed by atoms with van der Waals surface area (Å²) in [6, 6.07) is 7.91. The molecule has 0 radical (unpaired) electrons. The number of amides is 1. The fourth-order valence-electron chi connectivity index (χ4n) is 3.42. The van der Waals surface area contributed by atoms with Crippen LogP contribution in [0, 0.1) is 0 Å². The van der Waals surface area contributed by atoms with Crippen molar-refractivity contribution < 1.29 is 27.1 Å². The fraction of sp³-hybridized carbons (Fsp3) is 0.611. The molecule has 0 aliphatic carbocycles. The molecule has 1 amide bonds. The van der Waals surface area contributed by atoms with Gasteiger partial charge in [-0.2, -0.15) is 4.31 Å². The summed E-state index contributed by atoms with van der Waals surface area (Å²) in [4.78, 5) is 13.6. The van der Waals surface area contributed by atoms with Gasteiger partial charge < -0.3 is 14.4 Å². The van der Waals surface area contributed by atoms with Gasteiger partial charge in [0.15, 0.2) is 11.9 Å². The molecule has 2 atom stereocenters. The van der Waals surface area contributed by atoms with Gasteiger partial charge in [-0.3, -0.25) is 0 Å². The number of sulfonamides is 1. The number of alkyl halides is 1. The lowest BCUT2D eigenvalue weighted by atomic mass is 9.99. The highest BCUT2D eigenvalue weighted by Gasteiger charge is 2.57. The van der Waals surface area contributed by atoms with Gasteiger partial charge in [0.25, 0.3) is 0 Å². The number of carbonyl (C=O) groups excluding carboxylic acids is 1. The van der Waals surface area contributed by atoms with E-state index < -0.39 is 33.6 Å². The number of carbonyl (C=O) groups is 1. The molecule has 7 nitrogen and oxygen atoms in total. The van der Waals surface area contributed by atoms with E-state index >= 15 is 4.39 Å².